The molecule has 0 aromatic rings. The molecule has 0 spiro atoms. The molecule has 0 atom stereocenters. The summed E-state index contributed by atoms with van der Waals surface area (Å²) < 4.78 is 4.72. The van der Waals surface area contributed by atoms with Crippen LogP contribution in [0.1, 0.15) is 26.2 Å². The summed E-state index contributed by atoms with van der Waals surface area (Å²) in [6.07, 6.45) is 3.74. The van der Waals surface area contributed by atoms with Gasteiger partial charge in [0.15, 0.2) is 5.78 Å². The van der Waals surface area contributed by atoms with E-state index in [1.165, 1.54) is 19.3 Å². The van der Waals surface area contributed by atoms with Crippen LogP contribution in [0.4, 0.5) is 0 Å². The lowest BCUT2D eigenvalue weighted by molar-refractivity contribution is -0.120. The van der Waals surface area contributed by atoms with Crippen LogP contribution < -0.4 is 0 Å². The molecule has 0 rings (SSSR count). The first-order valence-corrected chi connectivity index (χ1v) is 5.55. The lowest BCUT2D eigenvalue weighted by Crippen LogP contribution is -2.09. The number of unbranched alkanes of at least 4 members (excludes halogenated alkanes) is 2. The average Bonchev–Trinajstić information content (AvgIpc) is 2.05. The third kappa shape index (κ3) is 8.08. The van der Waals surface area contributed by atoms with E-state index in [0.29, 0.717) is 5.75 Å². The average molecular weight is 190 g/mol. The van der Waals surface area contributed by atoms with Crippen LogP contribution in [-0.4, -0.2) is 31.0 Å². The van der Waals surface area contributed by atoms with Gasteiger partial charge < -0.3 is 4.74 Å². The van der Waals surface area contributed by atoms with Gasteiger partial charge in [0, 0.05) is 7.11 Å². The van der Waals surface area contributed by atoms with E-state index in [1.54, 1.807) is 18.9 Å². The quantitative estimate of drug-likeness (QED) is 0.548. The molecule has 72 valence electrons. The summed E-state index contributed by atoms with van der Waals surface area (Å²) in [4.78, 5) is 10.9. The Morgan fingerprint density at radius 3 is 2.75 bits per heavy atom. The van der Waals surface area contributed by atoms with Gasteiger partial charge in [-0.25, -0.2) is 0 Å². The first-order chi connectivity index (χ1) is 5.81. The standard InChI is InChI=1S/C9H18O2S/c1-3-4-5-6-12-8-9(10)7-11-2/h3-8H2,1-2H3. The highest BCUT2D eigenvalue weighted by Gasteiger charge is 1.99. The van der Waals surface area contributed by atoms with Crippen LogP contribution in [0.2, 0.25) is 0 Å². The summed E-state index contributed by atoms with van der Waals surface area (Å²) in [5, 5.41) is 0. The van der Waals surface area contributed by atoms with Crippen LogP contribution in [0, 0.1) is 0 Å². The fraction of sp³-hybridized carbons (Fsp3) is 0.889. The van der Waals surface area contributed by atoms with E-state index >= 15 is 0 Å². The number of rotatable bonds is 8. The molecule has 0 fully saturated rings. The second-order valence-corrected chi connectivity index (χ2v) is 3.84. The van der Waals surface area contributed by atoms with Gasteiger partial charge in [-0.15, -0.1) is 0 Å². The van der Waals surface area contributed by atoms with Crippen LogP contribution in [0.15, 0.2) is 0 Å². The van der Waals surface area contributed by atoms with E-state index in [0.717, 1.165) is 5.75 Å². The van der Waals surface area contributed by atoms with Gasteiger partial charge in [-0.05, 0) is 12.2 Å². The third-order valence-corrected chi connectivity index (χ3v) is 2.56. The van der Waals surface area contributed by atoms with Crippen molar-refractivity contribution in [2.24, 2.45) is 0 Å². The van der Waals surface area contributed by atoms with Gasteiger partial charge in [-0.2, -0.15) is 11.8 Å². The molecule has 3 heteroatoms. The number of thioether (sulfide) groups is 1. The molecule has 0 unspecified atom stereocenters. The fourth-order valence-electron chi connectivity index (χ4n) is 0.843. The minimum atomic E-state index is 0.194. The highest BCUT2D eigenvalue weighted by atomic mass is 32.2. The van der Waals surface area contributed by atoms with Crippen molar-refractivity contribution in [3.05, 3.63) is 0 Å². The molecular formula is C9H18O2S. The smallest absolute Gasteiger partial charge is 0.168 e. The number of hydrogen-bond donors (Lipinski definition) is 0. The Morgan fingerprint density at radius 1 is 1.42 bits per heavy atom. The van der Waals surface area contributed by atoms with Crippen molar-refractivity contribution in [1.29, 1.82) is 0 Å². The molecule has 0 radical (unpaired) electrons. The maximum atomic E-state index is 10.9. The SMILES string of the molecule is CCCCCSCC(=O)COC. The van der Waals surface area contributed by atoms with E-state index in [1.807, 2.05) is 0 Å². The van der Waals surface area contributed by atoms with E-state index in [9.17, 15) is 4.79 Å². The molecule has 12 heavy (non-hydrogen) atoms. The van der Waals surface area contributed by atoms with Gasteiger partial charge in [0.1, 0.15) is 6.61 Å². The normalized spacial score (nSPS) is 10.2. The molecular weight excluding hydrogens is 172 g/mol. The summed E-state index contributed by atoms with van der Waals surface area (Å²) >= 11 is 1.71. The van der Waals surface area contributed by atoms with Crippen LogP contribution in [0.5, 0.6) is 0 Å². The highest BCUT2D eigenvalue weighted by Crippen LogP contribution is 2.05. The number of methoxy groups -OCH3 is 1. The minimum Gasteiger partial charge on any atom is -0.377 e. The zero-order chi connectivity index (χ0) is 9.23. The second kappa shape index (κ2) is 9.07. The van der Waals surface area contributed by atoms with Gasteiger partial charge in [0.05, 0.1) is 5.75 Å². The molecule has 2 nitrogen and oxygen atoms in total. The minimum absolute atomic E-state index is 0.194. The van der Waals surface area contributed by atoms with Crippen molar-refractivity contribution in [3.8, 4) is 0 Å². The van der Waals surface area contributed by atoms with Gasteiger partial charge >= 0.3 is 0 Å². The Kier molecular flexibility index (Phi) is 9.06. The number of hydrogen-bond acceptors (Lipinski definition) is 3. The monoisotopic (exact) mass is 190 g/mol. The third-order valence-electron chi connectivity index (χ3n) is 1.46. The lowest BCUT2D eigenvalue weighted by Gasteiger charge is -1.99. The zero-order valence-corrected chi connectivity index (χ0v) is 8.78. The maximum Gasteiger partial charge on any atom is 0.168 e. The predicted molar refractivity (Wildman–Crippen MR) is 53.7 cm³/mol. The number of Topliss-reactive ketones (excluding diaryl/α,β-unsaturated/α-hetero) is 1. The molecule has 0 saturated carbocycles. The van der Waals surface area contributed by atoms with Gasteiger partial charge in [-0.3, -0.25) is 4.79 Å². The van der Waals surface area contributed by atoms with Crippen LogP contribution in [-0.2, 0) is 9.53 Å². The molecule has 0 aromatic carbocycles. The first-order valence-electron chi connectivity index (χ1n) is 4.39. The largest absolute Gasteiger partial charge is 0.377 e. The molecule has 0 aromatic heterocycles. The molecule has 0 bridgehead atoms. The van der Waals surface area contributed by atoms with E-state index in [2.05, 4.69) is 6.92 Å². The Hall–Kier alpha value is -0.0200. The van der Waals surface area contributed by atoms with Crippen molar-refractivity contribution < 1.29 is 9.53 Å². The number of ketones is 1. The number of carbonyl (C=O) groups is 1. The Bertz CT molecular complexity index is 115. The Balaban J connectivity index is 3.03. The number of ether oxygens (including phenoxy) is 1. The van der Waals surface area contributed by atoms with Gasteiger partial charge in [0.2, 0.25) is 0 Å². The van der Waals surface area contributed by atoms with E-state index < -0.39 is 0 Å². The Labute approximate surface area is 79.1 Å². The van der Waals surface area contributed by atoms with Crippen molar-refractivity contribution in [3.63, 3.8) is 0 Å². The molecule has 0 aliphatic heterocycles. The molecule has 0 aliphatic carbocycles. The Morgan fingerprint density at radius 2 is 2.17 bits per heavy atom. The molecule has 0 aliphatic rings. The predicted octanol–water partition coefficient (Wildman–Crippen LogP) is 2.13. The second-order valence-electron chi connectivity index (χ2n) is 2.73. The van der Waals surface area contributed by atoms with Crippen molar-refractivity contribution >= 4 is 17.5 Å². The van der Waals surface area contributed by atoms with Crippen molar-refractivity contribution in [1.82, 2.24) is 0 Å². The topological polar surface area (TPSA) is 26.3 Å². The van der Waals surface area contributed by atoms with E-state index in [4.69, 9.17) is 4.74 Å². The summed E-state index contributed by atoms with van der Waals surface area (Å²) in [7, 11) is 1.56. The number of carbonyl (C=O) groups excluding carboxylic acids is 1. The lowest BCUT2D eigenvalue weighted by atomic mass is 10.3. The fourth-order valence-corrected chi connectivity index (χ4v) is 1.71. The zero-order valence-electron chi connectivity index (χ0n) is 7.97. The molecule has 0 heterocycles. The molecule has 0 amide bonds. The molecule has 0 saturated heterocycles. The summed E-state index contributed by atoms with van der Waals surface area (Å²) in [6, 6.07) is 0. The highest BCUT2D eigenvalue weighted by molar-refractivity contribution is 7.99. The van der Waals surface area contributed by atoms with Gasteiger partial charge in [-0.1, -0.05) is 19.8 Å². The summed E-state index contributed by atoms with van der Waals surface area (Å²) in [5.41, 5.74) is 0. The van der Waals surface area contributed by atoms with Crippen LogP contribution in [0.3, 0.4) is 0 Å². The van der Waals surface area contributed by atoms with Crippen LogP contribution >= 0.6 is 11.8 Å². The van der Waals surface area contributed by atoms with Crippen molar-refractivity contribution in [2.45, 2.75) is 26.2 Å². The van der Waals surface area contributed by atoms with Gasteiger partial charge in [0.25, 0.3) is 0 Å². The maximum absolute atomic E-state index is 10.9. The molecule has 0 N–H and O–H groups in total. The van der Waals surface area contributed by atoms with Crippen LogP contribution in [0.25, 0.3) is 0 Å². The summed E-state index contributed by atoms with van der Waals surface area (Å²) in [6.45, 7) is 2.45. The van der Waals surface area contributed by atoms with Crippen molar-refractivity contribution in [2.75, 3.05) is 25.2 Å². The van der Waals surface area contributed by atoms with E-state index in [-0.39, 0.29) is 12.4 Å². The summed E-state index contributed by atoms with van der Waals surface area (Å²) in [5.74, 6) is 1.90. The first kappa shape index (κ1) is 12.0.